The van der Waals surface area contributed by atoms with Crippen molar-refractivity contribution < 1.29 is 4.74 Å². The molecule has 0 saturated heterocycles. The van der Waals surface area contributed by atoms with Crippen molar-refractivity contribution in [3.8, 4) is 5.88 Å². The molecular weight excluding hydrogens is 152 g/mol. The number of rotatable bonds is 3. The van der Waals surface area contributed by atoms with Gasteiger partial charge in [0, 0.05) is 0 Å². The van der Waals surface area contributed by atoms with E-state index in [9.17, 15) is 0 Å². The molecule has 1 aromatic heterocycles. The van der Waals surface area contributed by atoms with E-state index in [0.717, 1.165) is 5.69 Å². The molecule has 0 amide bonds. The first-order valence-corrected chi connectivity index (χ1v) is 4.18. The van der Waals surface area contributed by atoms with E-state index in [2.05, 4.69) is 23.8 Å². The Morgan fingerprint density at radius 2 is 2.08 bits per heavy atom. The van der Waals surface area contributed by atoms with Gasteiger partial charge in [0.1, 0.15) is 0 Å². The Morgan fingerprint density at radius 1 is 1.33 bits per heavy atom. The Morgan fingerprint density at radius 3 is 2.50 bits per heavy atom. The van der Waals surface area contributed by atoms with Gasteiger partial charge in [0.25, 0.3) is 0 Å². The average molecular weight is 166 g/mol. The van der Waals surface area contributed by atoms with E-state index < -0.39 is 0 Å². The molecule has 0 aliphatic carbocycles. The van der Waals surface area contributed by atoms with Crippen LogP contribution in [0.3, 0.4) is 0 Å². The van der Waals surface area contributed by atoms with Gasteiger partial charge in [-0.25, -0.2) is 4.98 Å². The van der Waals surface area contributed by atoms with E-state index in [1.807, 2.05) is 6.92 Å². The van der Waals surface area contributed by atoms with Crippen LogP contribution in [0, 0.1) is 0 Å². The highest BCUT2D eigenvalue weighted by Crippen LogP contribution is 2.11. The Hall–Kier alpha value is -1.12. The fourth-order valence-electron chi connectivity index (χ4n) is 0.847. The average Bonchev–Trinajstić information content (AvgIpc) is 2.06. The number of hydrogen-bond acceptors (Lipinski definition) is 3. The van der Waals surface area contributed by atoms with Crippen LogP contribution >= 0.6 is 0 Å². The van der Waals surface area contributed by atoms with Crippen LogP contribution in [0.15, 0.2) is 12.4 Å². The van der Waals surface area contributed by atoms with Gasteiger partial charge in [0.15, 0.2) is 0 Å². The molecule has 0 N–H and O–H groups in total. The molecule has 0 spiro atoms. The molecule has 66 valence electrons. The van der Waals surface area contributed by atoms with E-state index in [4.69, 9.17) is 4.74 Å². The van der Waals surface area contributed by atoms with Gasteiger partial charge in [-0.05, 0) is 12.8 Å². The normalized spacial score (nSPS) is 10.3. The van der Waals surface area contributed by atoms with E-state index in [1.54, 1.807) is 12.4 Å². The molecule has 12 heavy (non-hydrogen) atoms. The Balaban J connectivity index is 2.71. The molecule has 0 atom stereocenters. The highest BCUT2D eigenvalue weighted by molar-refractivity contribution is 5.09. The van der Waals surface area contributed by atoms with Crippen molar-refractivity contribution in [2.24, 2.45) is 0 Å². The van der Waals surface area contributed by atoms with E-state index in [0.29, 0.717) is 18.4 Å². The van der Waals surface area contributed by atoms with Crippen LogP contribution < -0.4 is 4.74 Å². The molecule has 0 saturated carbocycles. The highest BCUT2D eigenvalue weighted by atomic mass is 16.5. The van der Waals surface area contributed by atoms with Gasteiger partial charge < -0.3 is 4.74 Å². The molecule has 0 fully saturated rings. The Labute approximate surface area is 72.8 Å². The fraction of sp³-hybridized carbons (Fsp3) is 0.556. The number of aromatic nitrogens is 2. The topological polar surface area (TPSA) is 35.0 Å². The molecule has 1 heterocycles. The second-order valence-electron chi connectivity index (χ2n) is 2.87. The summed E-state index contributed by atoms with van der Waals surface area (Å²) < 4.78 is 5.17. The van der Waals surface area contributed by atoms with Gasteiger partial charge in [0.2, 0.25) is 5.88 Å². The lowest BCUT2D eigenvalue weighted by Crippen LogP contribution is -1.98. The summed E-state index contributed by atoms with van der Waals surface area (Å²) in [6, 6.07) is 0. The second-order valence-corrected chi connectivity index (χ2v) is 2.87. The minimum atomic E-state index is 0.424. The third kappa shape index (κ3) is 2.19. The van der Waals surface area contributed by atoms with Gasteiger partial charge in [-0.15, -0.1) is 0 Å². The molecule has 3 nitrogen and oxygen atoms in total. The smallest absolute Gasteiger partial charge is 0.232 e. The predicted molar refractivity (Wildman–Crippen MR) is 47.3 cm³/mol. The van der Waals surface area contributed by atoms with Crippen molar-refractivity contribution in [2.75, 3.05) is 6.61 Å². The van der Waals surface area contributed by atoms with E-state index in [-0.39, 0.29) is 0 Å². The summed E-state index contributed by atoms with van der Waals surface area (Å²) in [7, 11) is 0. The van der Waals surface area contributed by atoms with Crippen molar-refractivity contribution in [1.82, 2.24) is 9.97 Å². The Kier molecular flexibility index (Phi) is 3.02. The highest BCUT2D eigenvalue weighted by Gasteiger charge is 2.00. The van der Waals surface area contributed by atoms with Crippen LogP contribution in [0.1, 0.15) is 32.4 Å². The summed E-state index contributed by atoms with van der Waals surface area (Å²) >= 11 is 0. The van der Waals surface area contributed by atoms with Crippen LogP contribution in [-0.2, 0) is 0 Å². The number of nitrogens with zero attached hydrogens (tertiary/aromatic N) is 2. The number of hydrogen-bond donors (Lipinski definition) is 0. The fourth-order valence-corrected chi connectivity index (χ4v) is 0.847. The predicted octanol–water partition coefficient (Wildman–Crippen LogP) is 2.00. The monoisotopic (exact) mass is 166 g/mol. The zero-order chi connectivity index (χ0) is 8.97. The maximum atomic E-state index is 5.17. The molecular formula is C9H14N2O. The van der Waals surface area contributed by atoms with Gasteiger partial charge in [0.05, 0.1) is 24.7 Å². The molecule has 1 aromatic rings. The minimum Gasteiger partial charge on any atom is -0.477 e. The standard InChI is InChI=1S/C9H14N2O/c1-4-12-9-6-10-8(5-11-9)7(2)3/h5-7H,4H2,1-3H3. The first-order valence-electron chi connectivity index (χ1n) is 4.18. The van der Waals surface area contributed by atoms with Gasteiger partial charge in [-0.3, -0.25) is 4.98 Å². The largest absolute Gasteiger partial charge is 0.477 e. The van der Waals surface area contributed by atoms with Crippen molar-refractivity contribution in [3.63, 3.8) is 0 Å². The molecule has 0 aromatic carbocycles. The summed E-state index contributed by atoms with van der Waals surface area (Å²) in [4.78, 5) is 8.31. The molecule has 0 bridgehead atoms. The van der Waals surface area contributed by atoms with Gasteiger partial charge >= 0.3 is 0 Å². The first-order chi connectivity index (χ1) is 5.74. The van der Waals surface area contributed by atoms with E-state index in [1.165, 1.54) is 0 Å². The first kappa shape index (κ1) is 8.97. The van der Waals surface area contributed by atoms with Gasteiger partial charge in [-0.1, -0.05) is 13.8 Å². The molecule has 1 rings (SSSR count). The maximum absolute atomic E-state index is 5.17. The zero-order valence-electron chi connectivity index (χ0n) is 7.74. The maximum Gasteiger partial charge on any atom is 0.232 e. The lowest BCUT2D eigenvalue weighted by Gasteiger charge is -2.04. The van der Waals surface area contributed by atoms with E-state index >= 15 is 0 Å². The summed E-state index contributed by atoms with van der Waals surface area (Å²) in [6.07, 6.45) is 3.43. The van der Waals surface area contributed by atoms with Crippen LogP contribution in [0.5, 0.6) is 5.88 Å². The quantitative estimate of drug-likeness (QED) is 0.688. The van der Waals surface area contributed by atoms with Crippen molar-refractivity contribution in [2.45, 2.75) is 26.7 Å². The van der Waals surface area contributed by atoms with Crippen LogP contribution in [-0.4, -0.2) is 16.6 Å². The van der Waals surface area contributed by atoms with Crippen LogP contribution in [0.25, 0.3) is 0 Å². The van der Waals surface area contributed by atoms with Crippen molar-refractivity contribution >= 4 is 0 Å². The second kappa shape index (κ2) is 4.04. The third-order valence-electron chi connectivity index (χ3n) is 1.53. The summed E-state index contributed by atoms with van der Waals surface area (Å²) in [6.45, 7) is 6.74. The van der Waals surface area contributed by atoms with Crippen molar-refractivity contribution in [1.29, 1.82) is 0 Å². The van der Waals surface area contributed by atoms with Crippen LogP contribution in [0.2, 0.25) is 0 Å². The Bertz CT molecular complexity index is 231. The molecule has 0 aliphatic heterocycles. The summed E-state index contributed by atoms with van der Waals surface area (Å²) in [5, 5.41) is 0. The summed E-state index contributed by atoms with van der Waals surface area (Å²) in [5.41, 5.74) is 0.999. The third-order valence-corrected chi connectivity index (χ3v) is 1.53. The SMILES string of the molecule is CCOc1cnc(C(C)C)cn1. The van der Waals surface area contributed by atoms with Gasteiger partial charge in [-0.2, -0.15) is 0 Å². The summed E-state index contributed by atoms with van der Waals surface area (Å²) in [5.74, 6) is 1.02. The molecule has 0 radical (unpaired) electrons. The van der Waals surface area contributed by atoms with Crippen LogP contribution in [0.4, 0.5) is 0 Å². The molecule has 3 heteroatoms. The molecule has 0 unspecified atom stereocenters. The lowest BCUT2D eigenvalue weighted by molar-refractivity contribution is 0.324. The minimum absolute atomic E-state index is 0.424. The lowest BCUT2D eigenvalue weighted by atomic mass is 10.1. The molecule has 0 aliphatic rings. The van der Waals surface area contributed by atoms with Crippen molar-refractivity contribution in [3.05, 3.63) is 18.1 Å². The zero-order valence-corrected chi connectivity index (χ0v) is 7.74. The number of ether oxygens (including phenoxy) is 1.